The van der Waals surface area contributed by atoms with E-state index in [1.54, 1.807) is 43.7 Å². The maximum atomic E-state index is 12.0. The van der Waals surface area contributed by atoms with Crippen LogP contribution in [0.15, 0.2) is 36.7 Å². The summed E-state index contributed by atoms with van der Waals surface area (Å²) < 4.78 is 0. The lowest BCUT2D eigenvalue weighted by molar-refractivity contribution is -0.136. The van der Waals surface area contributed by atoms with Gasteiger partial charge in [0.25, 0.3) is 0 Å². The topological polar surface area (TPSA) is 98.3 Å². The van der Waals surface area contributed by atoms with E-state index >= 15 is 0 Å². The molecule has 0 saturated heterocycles. The van der Waals surface area contributed by atoms with E-state index in [4.69, 9.17) is 5.11 Å². The van der Waals surface area contributed by atoms with E-state index in [-0.39, 0.29) is 12.5 Å². The Bertz CT molecular complexity index is 625. The average Bonchev–Trinajstić information content (AvgIpc) is 2.91. The molecule has 2 rings (SSSR count). The van der Waals surface area contributed by atoms with Gasteiger partial charge in [0.05, 0.1) is 13.0 Å². The van der Waals surface area contributed by atoms with Crippen molar-refractivity contribution in [2.24, 2.45) is 0 Å². The maximum Gasteiger partial charge on any atom is 0.321 e. The minimum atomic E-state index is -0.909. The van der Waals surface area contributed by atoms with Crippen molar-refractivity contribution < 1.29 is 14.7 Å². The van der Waals surface area contributed by atoms with Crippen LogP contribution in [0.5, 0.6) is 0 Å². The lowest BCUT2D eigenvalue weighted by Gasteiger charge is -2.17. The molecule has 0 fully saturated rings. The molecular formula is C14H16N4O3. The number of aromatic amines is 1. The third-order valence-electron chi connectivity index (χ3n) is 2.82. The lowest BCUT2D eigenvalue weighted by atomic mass is 10.1. The second-order valence-corrected chi connectivity index (χ2v) is 4.59. The van der Waals surface area contributed by atoms with Crippen LogP contribution in [-0.4, -0.2) is 39.0 Å². The largest absolute Gasteiger partial charge is 0.481 e. The van der Waals surface area contributed by atoms with E-state index in [2.05, 4.69) is 15.3 Å². The van der Waals surface area contributed by atoms with Gasteiger partial charge in [0, 0.05) is 25.1 Å². The number of rotatable bonds is 5. The summed E-state index contributed by atoms with van der Waals surface area (Å²) in [5, 5.41) is 11.5. The number of benzene rings is 1. The van der Waals surface area contributed by atoms with Crippen LogP contribution in [0.1, 0.15) is 11.4 Å². The minimum absolute atomic E-state index is 0.0774. The van der Waals surface area contributed by atoms with E-state index in [1.807, 2.05) is 0 Å². The summed E-state index contributed by atoms with van der Waals surface area (Å²) in [4.78, 5) is 31.2. The Hall–Kier alpha value is -2.83. The third-order valence-corrected chi connectivity index (χ3v) is 2.82. The molecule has 0 aliphatic carbocycles. The average molecular weight is 288 g/mol. The summed E-state index contributed by atoms with van der Waals surface area (Å²) in [7, 11) is 1.65. The van der Waals surface area contributed by atoms with Gasteiger partial charge in [0.15, 0.2) is 0 Å². The van der Waals surface area contributed by atoms with Crippen molar-refractivity contribution >= 4 is 17.7 Å². The van der Waals surface area contributed by atoms with Crippen molar-refractivity contribution in [1.82, 2.24) is 14.9 Å². The second-order valence-electron chi connectivity index (χ2n) is 4.59. The Morgan fingerprint density at radius 1 is 1.43 bits per heavy atom. The molecule has 0 saturated carbocycles. The van der Waals surface area contributed by atoms with Gasteiger partial charge in [-0.05, 0) is 17.7 Å². The Balaban J connectivity index is 1.97. The smallest absolute Gasteiger partial charge is 0.321 e. The van der Waals surface area contributed by atoms with Crippen LogP contribution in [0.3, 0.4) is 0 Å². The van der Waals surface area contributed by atoms with Crippen LogP contribution in [0, 0.1) is 0 Å². The summed E-state index contributed by atoms with van der Waals surface area (Å²) in [6, 6.07) is 6.48. The third kappa shape index (κ3) is 4.34. The van der Waals surface area contributed by atoms with Crippen LogP contribution in [0.4, 0.5) is 10.5 Å². The number of aromatic nitrogens is 2. The fraction of sp³-hybridized carbons (Fsp3) is 0.214. The summed E-state index contributed by atoms with van der Waals surface area (Å²) in [5.41, 5.74) is 1.19. The number of carbonyl (C=O) groups is 2. The van der Waals surface area contributed by atoms with E-state index < -0.39 is 5.97 Å². The van der Waals surface area contributed by atoms with E-state index in [1.165, 1.54) is 4.90 Å². The van der Waals surface area contributed by atoms with Crippen LogP contribution < -0.4 is 5.32 Å². The highest BCUT2D eigenvalue weighted by molar-refractivity contribution is 5.89. The molecule has 1 aromatic heterocycles. The number of urea groups is 1. The fourth-order valence-electron chi connectivity index (χ4n) is 1.83. The molecule has 21 heavy (non-hydrogen) atoms. The second kappa shape index (κ2) is 6.56. The Labute approximate surface area is 121 Å². The first-order valence-electron chi connectivity index (χ1n) is 6.35. The standard InChI is InChI=1S/C14H16N4O3/c1-18(9-12-15-5-6-16-12)14(21)17-11-4-2-3-10(7-11)8-13(19)20/h2-7H,8-9H2,1H3,(H,15,16)(H,17,21)(H,19,20). The van der Waals surface area contributed by atoms with E-state index in [0.717, 1.165) is 0 Å². The molecule has 110 valence electrons. The van der Waals surface area contributed by atoms with Gasteiger partial charge in [0.1, 0.15) is 5.82 Å². The normalized spacial score (nSPS) is 10.1. The van der Waals surface area contributed by atoms with Gasteiger partial charge in [-0.3, -0.25) is 4.79 Å². The molecule has 7 heteroatoms. The lowest BCUT2D eigenvalue weighted by Crippen LogP contribution is -2.31. The van der Waals surface area contributed by atoms with Crippen molar-refractivity contribution in [3.63, 3.8) is 0 Å². The Morgan fingerprint density at radius 2 is 2.24 bits per heavy atom. The van der Waals surface area contributed by atoms with Crippen LogP contribution in [0.2, 0.25) is 0 Å². The van der Waals surface area contributed by atoms with Crippen LogP contribution in [0.25, 0.3) is 0 Å². The molecule has 2 aromatic rings. The highest BCUT2D eigenvalue weighted by Crippen LogP contribution is 2.12. The number of amides is 2. The number of nitrogens with zero attached hydrogens (tertiary/aromatic N) is 2. The SMILES string of the molecule is CN(Cc1ncc[nH]1)C(=O)Nc1cccc(CC(=O)O)c1. The summed E-state index contributed by atoms with van der Waals surface area (Å²) in [6.45, 7) is 0.355. The van der Waals surface area contributed by atoms with Crippen molar-refractivity contribution in [2.75, 3.05) is 12.4 Å². The molecule has 0 atom stereocenters. The number of carboxylic acid groups (broad SMARTS) is 1. The monoisotopic (exact) mass is 288 g/mol. The van der Waals surface area contributed by atoms with Crippen molar-refractivity contribution in [3.8, 4) is 0 Å². The van der Waals surface area contributed by atoms with Crippen molar-refractivity contribution in [2.45, 2.75) is 13.0 Å². The highest BCUT2D eigenvalue weighted by Gasteiger charge is 2.11. The predicted octanol–water partition coefficient (Wildman–Crippen LogP) is 1.70. The van der Waals surface area contributed by atoms with Gasteiger partial charge in [-0.2, -0.15) is 0 Å². The van der Waals surface area contributed by atoms with E-state index in [0.29, 0.717) is 23.6 Å². The van der Waals surface area contributed by atoms with E-state index in [9.17, 15) is 9.59 Å². The molecule has 3 N–H and O–H groups in total. The first kappa shape index (κ1) is 14.6. The first-order chi connectivity index (χ1) is 10.0. The van der Waals surface area contributed by atoms with Gasteiger partial charge in [-0.1, -0.05) is 12.1 Å². The molecular weight excluding hydrogens is 272 g/mol. The molecule has 2 amide bonds. The number of anilines is 1. The summed E-state index contributed by atoms with van der Waals surface area (Å²) in [6.07, 6.45) is 3.23. The van der Waals surface area contributed by atoms with Crippen molar-refractivity contribution in [1.29, 1.82) is 0 Å². The zero-order valence-electron chi connectivity index (χ0n) is 11.5. The zero-order valence-corrected chi connectivity index (χ0v) is 11.5. The molecule has 0 aliphatic heterocycles. The number of nitrogens with one attached hydrogen (secondary N) is 2. The van der Waals surface area contributed by atoms with Gasteiger partial charge in [-0.15, -0.1) is 0 Å². The quantitative estimate of drug-likeness (QED) is 0.779. The van der Waals surface area contributed by atoms with Gasteiger partial charge >= 0.3 is 12.0 Å². The van der Waals surface area contributed by atoms with Gasteiger partial charge in [-0.25, -0.2) is 9.78 Å². The van der Waals surface area contributed by atoms with Gasteiger partial charge < -0.3 is 20.3 Å². The number of H-pyrrole nitrogens is 1. The molecule has 0 spiro atoms. The van der Waals surface area contributed by atoms with Crippen molar-refractivity contribution in [3.05, 3.63) is 48.0 Å². The number of carbonyl (C=O) groups excluding carboxylic acids is 1. The molecule has 0 unspecified atom stereocenters. The number of hydrogen-bond donors (Lipinski definition) is 3. The number of carboxylic acids is 1. The fourth-order valence-corrected chi connectivity index (χ4v) is 1.83. The maximum absolute atomic E-state index is 12.0. The molecule has 7 nitrogen and oxygen atoms in total. The number of hydrogen-bond acceptors (Lipinski definition) is 3. The van der Waals surface area contributed by atoms with Crippen LogP contribution >= 0.6 is 0 Å². The zero-order chi connectivity index (χ0) is 15.2. The summed E-state index contributed by atoms with van der Waals surface area (Å²) in [5.74, 6) is -0.222. The highest BCUT2D eigenvalue weighted by atomic mass is 16.4. The summed E-state index contributed by atoms with van der Waals surface area (Å²) >= 11 is 0. The minimum Gasteiger partial charge on any atom is -0.481 e. The molecule has 0 bridgehead atoms. The number of imidazole rings is 1. The predicted molar refractivity (Wildman–Crippen MR) is 76.9 cm³/mol. The van der Waals surface area contributed by atoms with Gasteiger partial charge in [0.2, 0.25) is 0 Å². The molecule has 0 aliphatic rings. The first-order valence-corrected chi connectivity index (χ1v) is 6.35. The Kier molecular flexibility index (Phi) is 4.55. The molecule has 1 heterocycles. The molecule has 1 aromatic carbocycles. The number of aliphatic carboxylic acids is 1. The molecule has 0 radical (unpaired) electrons. The Morgan fingerprint density at radius 3 is 2.90 bits per heavy atom. The van der Waals surface area contributed by atoms with Crippen LogP contribution in [-0.2, 0) is 17.8 Å².